The number of hydrogen-bond acceptors (Lipinski definition) is 4. The first-order valence-corrected chi connectivity index (χ1v) is 4.92. The van der Waals surface area contributed by atoms with E-state index in [4.69, 9.17) is 8.83 Å². The Kier molecular flexibility index (Phi) is 1.28. The van der Waals surface area contributed by atoms with Crippen LogP contribution in [0.3, 0.4) is 0 Å². The Morgan fingerprint density at radius 1 is 0.938 bits per heavy atom. The normalized spacial score (nSPS) is 11.8. The second kappa shape index (κ2) is 2.61. The molecule has 4 heteroatoms. The molecule has 0 unspecified atom stereocenters. The first kappa shape index (κ1) is 7.87. The van der Waals surface area contributed by atoms with E-state index >= 15 is 0 Å². The van der Waals surface area contributed by atoms with Gasteiger partial charge in [-0.25, -0.2) is 9.97 Å². The molecule has 0 aliphatic carbocycles. The van der Waals surface area contributed by atoms with E-state index in [1.54, 1.807) is 18.7 Å². The van der Waals surface area contributed by atoms with Gasteiger partial charge >= 0.3 is 0 Å². The van der Waals surface area contributed by atoms with E-state index in [2.05, 4.69) is 9.97 Å². The van der Waals surface area contributed by atoms with E-state index in [9.17, 15) is 0 Å². The van der Waals surface area contributed by atoms with E-state index in [1.807, 2.05) is 18.2 Å². The van der Waals surface area contributed by atoms with Crippen LogP contribution in [0.25, 0.3) is 33.1 Å². The Morgan fingerprint density at radius 3 is 2.81 bits per heavy atom. The molecule has 76 valence electrons. The number of fused-ring (bicyclic) bond motifs is 4. The molecule has 4 aromatic heterocycles. The van der Waals surface area contributed by atoms with Gasteiger partial charge in [-0.15, -0.1) is 0 Å². The predicted molar refractivity (Wildman–Crippen MR) is 59.1 cm³/mol. The fourth-order valence-corrected chi connectivity index (χ4v) is 1.94. The Bertz CT molecular complexity index is 813. The van der Waals surface area contributed by atoms with Gasteiger partial charge in [0, 0.05) is 16.8 Å². The highest BCUT2D eigenvalue weighted by molar-refractivity contribution is 6.05. The molecule has 0 saturated carbocycles. The fraction of sp³-hybridized carbons (Fsp3) is 0. The lowest BCUT2D eigenvalue weighted by atomic mass is 10.2. The third-order valence-corrected chi connectivity index (χ3v) is 2.71. The molecule has 4 aromatic rings. The molecule has 0 N–H and O–H groups in total. The summed E-state index contributed by atoms with van der Waals surface area (Å²) in [6.07, 6.45) is 4.97. The Balaban J connectivity index is 2.33. The van der Waals surface area contributed by atoms with Crippen molar-refractivity contribution in [3.05, 3.63) is 36.9 Å². The molecule has 0 aliphatic heterocycles. The maximum absolute atomic E-state index is 5.33. The molecule has 4 nitrogen and oxygen atoms in total. The molecule has 0 saturated heterocycles. The highest BCUT2D eigenvalue weighted by Crippen LogP contribution is 2.26. The fourth-order valence-electron chi connectivity index (χ4n) is 1.94. The second-order valence-electron chi connectivity index (χ2n) is 3.62. The Labute approximate surface area is 89.5 Å². The third-order valence-electron chi connectivity index (χ3n) is 2.71. The zero-order valence-electron chi connectivity index (χ0n) is 8.18. The van der Waals surface area contributed by atoms with Crippen LogP contribution in [-0.4, -0.2) is 9.97 Å². The molecule has 0 aromatic carbocycles. The molecule has 0 amide bonds. The molecule has 0 fully saturated rings. The lowest BCUT2D eigenvalue weighted by Crippen LogP contribution is -1.83. The Morgan fingerprint density at radius 2 is 1.81 bits per heavy atom. The molecule has 4 rings (SSSR count). The van der Waals surface area contributed by atoms with Crippen molar-refractivity contribution in [1.82, 2.24) is 9.97 Å². The summed E-state index contributed by atoms with van der Waals surface area (Å²) in [6, 6.07) is 5.69. The minimum absolute atomic E-state index is 0.711. The minimum atomic E-state index is 0.711. The summed E-state index contributed by atoms with van der Waals surface area (Å²) in [5.41, 5.74) is 3.06. The summed E-state index contributed by atoms with van der Waals surface area (Å²) in [6.45, 7) is 0. The molecule has 0 aliphatic rings. The predicted octanol–water partition coefficient (Wildman–Crippen LogP) is 3.12. The summed E-state index contributed by atoms with van der Waals surface area (Å²) in [4.78, 5) is 8.69. The molecule has 0 atom stereocenters. The smallest absolute Gasteiger partial charge is 0.160 e. The van der Waals surface area contributed by atoms with E-state index in [1.165, 1.54) is 0 Å². The van der Waals surface area contributed by atoms with E-state index in [0.717, 1.165) is 27.5 Å². The molecular weight excluding hydrogens is 204 g/mol. The lowest BCUT2D eigenvalue weighted by molar-refractivity contribution is 0.614. The van der Waals surface area contributed by atoms with Gasteiger partial charge in [0.25, 0.3) is 0 Å². The summed E-state index contributed by atoms with van der Waals surface area (Å²) in [5, 5.41) is 1.96. The van der Waals surface area contributed by atoms with Crippen molar-refractivity contribution in [1.29, 1.82) is 0 Å². The van der Waals surface area contributed by atoms with Gasteiger partial charge in [0.2, 0.25) is 0 Å². The van der Waals surface area contributed by atoms with Crippen LogP contribution in [0.2, 0.25) is 0 Å². The van der Waals surface area contributed by atoms with Crippen LogP contribution in [-0.2, 0) is 0 Å². The van der Waals surface area contributed by atoms with Crippen LogP contribution >= 0.6 is 0 Å². The summed E-state index contributed by atoms with van der Waals surface area (Å²) in [7, 11) is 0. The second-order valence-corrected chi connectivity index (χ2v) is 3.62. The van der Waals surface area contributed by atoms with Crippen molar-refractivity contribution in [2.24, 2.45) is 0 Å². The van der Waals surface area contributed by atoms with Crippen LogP contribution < -0.4 is 0 Å². The van der Waals surface area contributed by atoms with Crippen LogP contribution in [0.4, 0.5) is 0 Å². The zero-order chi connectivity index (χ0) is 10.5. The molecule has 0 bridgehead atoms. The third kappa shape index (κ3) is 0.883. The highest BCUT2D eigenvalue weighted by Gasteiger charge is 2.08. The summed E-state index contributed by atoms with van der Waals surface area (Å²) >= 11 is 0. The molecule has 4 heterocycles. The summed E-state index contributed by atoms with van der Waals surface area (Å²) < 4.78 is 10.6. The standard InChI is InChI=1S/C12H6N2O2/c1-3-16-11-6-13-12-8(7(1)11)5-10-9(14-12)2-4-15-10/h1-6H. The van der Waals surface area contributed by atoms with Crippen molar-refractivity contribution >= 4 is 33.1 Å². The minimum Gasteiger partial charge on any atom is -0.463 e. The lowest BCUT2D eigenvalue weighted by Gasteiger charge is -1.97. The largest absolute Gasteiger partial charge is 0.463 e. The van der Waals surface area contributed by atoms with Crippen molar-refractivity contribution in [2.75, 3.05) is 0 Å². The van der Waals surface area contributed by atoms with Gasteiger partial charge in [0.05, 0.1) is 18.7 Å². The number of furan rings is 2. The van der Waals surface area contributed by atoms with Crippen molar-refractivity contribution in [3.8, 4) is 0 Å². The monoisotopic (exact) mass is 210 g/mol. The van der Waals surface area contributed by atoms with Crippen molar-refractivity contribution < 1.29 is 8.83 Å². The van der Waals surface area contributed by atoms with Crippen LogP contribution in [0.5, 0.6) is 0 Å². The zero-order valence-corrected chi connectivity index (χ0v) is 8.18. The maximum atomic E-state index is 5.33. The van der Waals surface area contributed by atoms with Crippen molar-refractivity contribution in [2.45, 2.75) is 0 Å². The van der Waals surface area contributed by atoms with Crippen LogP contribution in [0.1, 0.15) is 0 Å². The van der Waals surface area contributed by atoms with E-state index in [-0.39, 0.29) is 0 Å². The molecule has 0 spiro atoms. The average molecular weight is 210 g/mol. The SMILES string of the molecule is c1cc2nc3ncc4occc4c3cc2o1. The number of rotatable bonds is 0. The van der Waals surface area contributed by atoms with Crippen molar-refractivity contribution in [3.63, 3.8) is 0 Å². The van der Waals surface area contributed by atoms with Crippen LogP contribution in [0, 0.1) is 0 Å². The molecule has 0 radical (unpaired) electrons. The van der Waals surface area contributed by atoms with E-state index < -0.39 is 0 Å². The average Bonchev–Trinajstić information content (AvgIpc) is 2.94. The summed E-state index contributed by atoms with van der Waals surface area (Å²) in [5.74, 6) is 0. The first-order chi connectivity index (χ1) is 7.92. The van der Waals surface area contributed by atoms with Gasteiger partial charge in [-0.2, -0.15) is 0 Å². The van der Waals surface area contributed by atoms with Gasteiger partial charge in [-0.1, -0.05) is 0 Å². The van der Waals surface area contributed by atoms with Gasteiger partial charge in [-0.05, 0) is 12.1 Å². The van der Waals surface area contributed by atoms with Gasteiger partial charge < -0.3 is 8.83 Å². The van der Waals surface area contributed by atoms with E-state index in [0.29, 0.717) is 5.65 Å². The number of aromatic nitrogens is 2. The van der Waals surface area contributed by atoms with Gasteiger partial charge in [0.15, 0.2) is 16.8 Å². The Hall–Kier alpha value is -2.36. The number of nitrogens with zero attached hydrogens (tertiary/aromatic N) is 2. The molecule has 16 heavy (non-hydrogen) atoms. The number of pyridine rings is 2. The topological polar surface area (TPSA) is 52.1 Å². The van der Waals surface area contributed by atoms with Crippen LogP contribution in [0.15, 0.2) is 45.8 Å². The molecular formula is C12H6N2O2. The highest BCUT2D eigenvalue weighted by atomic mass is 16.3. The maximum Gasteiger partial charge on any atom is 0.160 e. The number of hydrogen-bond donors (Lipinski definition) is 0. The quantitative estimate of drug-likeness (QED) is 0.447. The van der Waals surface area contributed by atoms with Gasteiger partial charge in [0.1, 0.15) is 5.52 Å². The van der Waals surface area contributed by atoms with Gasteiger partial charge in [-0.3, -0.25) is 0 Å². The first-order valence-electron chi connectivity index (χ1n) is 4.92.